The molecule has 0 bridgehead atoms. The van der Waals surface area contributed by atoms with E-state index in [1.807, 2.05) is 0 Å². The summed E-state index contributed by atoms with van der Waals surface area (Å²) >= 11 is 0. The number of Topliss-reactive ketones (excluding diaryl/α,β-unsaturated/α-hetero) is 1. The van der Waals surface area contributed by atoms with Crippen molar-refractivity contribution in [1.29, 1.82) is 0 Å². The number of hydrogen-bond acceptors (Lipinski definition) is 2. The molecule has 0 aromatic carbocycles. The lowest BCUT2D eigenvalue weighted by Gasteiger charge is -2.31. The van der Waals surface area contributed by atoms with Gasteiger partial charge in [-0.15, -0.1) is 0 Å². The van der Waals surface area contributed by atoms with Gasteiger partial charge in [0.25, 0.3) is 0 Å². The maximum Gasteiger partial charge on any atom is 0.137 e. The van der Waals surface area contributed by atoms with Gasteiger partial charge in [-0.25, -0.2) is 0 Å². The number of nitrogens with zero attached hydrogens (tertiary/aromatic N) is 1. The zero-order chi connectivity index (χ0) is 12.3. The van der Waals surface area contributed by atoms with Gasteiger partial charge in [0.1, 0.15) is 5.78 Å². The zero-order valence-corrected chi connectivity index (χ0v) is 11.5. The molecule has 0 radical (unpaired) electrons. The molecule has 0 amide bonds. The molecule has 2 atom stereocenters. The fourth-order valence-electron chi connectivity index (χ4n) is 3.06. The highest BCUT2D eigenvalue weighted by Crippen LogP contribution is 2.32. The van der Waals surface area contributed by atoms with E-state index in [0.29, 0.717) is 11.7 Å². The third-order valence-corrected chi connectivity index (χ3v) is 4.59. The Morgan fingerprint density at radius 1 is 1.12 bits per heavy atom. The lowest BCUT2D eigenvalue weighted by atomic mass is 9.79. The Labute approximate surface area is 106 Å². The predicted octanol–water partition coefficient (Wildman–Crippen LogP) is 3.11. The Kier molecular flexibility index (Phi) is 4.61. The molecule has 2 fully saturated rings. The van der Waals surface area contributed by atoms with Gasteiger partial charge in [0, 0.05) is 25.4 Å². The van der Waals surface area contributed by atoms with Crippen molar-refractivity contribution in [2.45, 2.75) is 52.4 Å². The Balaban J connectivity index is 1.83. The van der Waals surface area contributed by atoms with Gasteiger partial charge >= 0.3 is 0 Å². The minimum Gasteiger partial charge on any atom is -0.303 e. The first-order valence-corrected chi connectivity index (χ1v) is 7.48. The van der Waals surface area contributed by atoms with Gasteiger partial charge in [-0.05, 0) is 44.1 Å². The molecule has 0 aromatic rings. The van der Waals surface area contributed by atoms with Gasteiger partial charge in [0.2, 0.25) is 0 Å². The van der Waals surface area contributed by atoms with Crippen LogP contribution in [-0.4, -0.2) is 30.3 Å². The number of carbonyl (C=O) groups excluding carboxylic acids is 1. The van der Waals surface area contributed by atoms with Crippen LogP contribution >= 0.6 is 0 Å². The van der Waals surface area contributed by atoms with Crippen molar-refractivity contribution in [3.05, 3.63) is 0 Å². The van der Waals surface area contributed by atoms with Crippen molar-refractivity contribution < 1.29 is 4.79 Å². The van der Waals surface area contributed by atoms with Crippen LogP contribution in [0.25, 0.3) is 0 Å². The number of carbonyl (C=O) groups is 1. The van der Waals surface area contributed by atoms with E-state index in [1.54, 1.807) is 0 Å². The van der Waals surface area contributed by atoms with Crippen molar-refractivity contribution in [2.24, 2.45) is 17.8 Å². The molecule has 0 aromatic heterocycles. The molecule has 2 rings (SSSR count). The first-order chi connectivity index (χ1) is 8.22. The van der Waals surface area contributed by atoms with Crippen molar-refractivity contribution in [1.82, 2.24) is 4.90 Å². The van der Waals surface area contributed by atoms with Crippen LogP contribution in [-0.2, 0) is 4.79 Å². The van der Waals surface area contributed by atoms with Gasteiger partial charge in [-0.3, -0.25) is 4.79 Å². The van der Waals surface area contributed by atoms with Gasteiger partial charge in [-0.2, -0.15) is 0 Å². The molecular formula is C15H27NO. The highest BCUT2D eigenvalue weighted by molar-refractivity contribution is 5.81. The van der Waals surface area contributed by atoms with Crippen LogP contribution in [0.15, 0.2) is 0 Å². The second-order valence-electron chi connectivity index (χ2n) is 6.01. The number of rotatable bonds is 6. The molecule has 0 N–H and O–H groups in total. The summed E-state index contributed by atoms with van der Waals surface area (Å²) in [6, 6.07) is 0. The average molecular weight is 237 g/mol. The monoisotopic (exact) mass is 237 g/mol. The second-order valence-corrected chi connectivity index (χ2v) is 6.01. The van der Waals surface area contributed by atoms with E-state index in [2.05, 4.69) is 18.7 Å². The molecule has 2 aliphatic carbocycles. The molecular weight excluding hydrogens is 210 g/mol. The van der Waals surface area contributed by atoms with Gasteiger partial charge in [0.15, 0.2) is 0 Å². The van der Waals surface area contributed by atoms with Crippen molar-refractivity contribution in [3.8, 4) is 0 Å². The topological polar surface area (TPSA) is 20.3 Å². The maximum absolute atomic E-state index is 12.0. The Hall–Kier alpha value is -0.370. The first-order valence-electron chi connectivity index (χ1n) is 7.48. The molecule has 0 spiro atoms. The first kappa shape index (κ1) is 13.1. The molecule has 2 unspecified atom stereocenters. The van der Waals surface area contributed by atoms with E-state index < -0.39 is 0 Å². The molecule has 2 heteroatoms. The summed E-state index contributed by atoms with van der Waals surface area (Å²) in [5, 5.41) is 0. The molecule has 0 aliphatic heterocycles. The third kappa shape index (κ3) is 3.80. The van der Waals surface area contributed by atoms with Crippen LogP contribution in [0.3, 0.4) is 0 Å². The second kappa shape index (κ2) is 5.99. The van der Waals surface area contributed by atoms with Crippen LogP contribution in [0.1, 0.15) is 52.4 Å². The number of hydrogen-bond donors (Lipinski definition) is 0. The van der Waals surface area contributed by atoms with Gasteiger partial charge < -0.3 is 4.90 Å². The van der Waals surface area contributed by atoms with Crippen LogP contribution in [0, 0.1) is 17.8 Å². The molecule has 98 valence electrons. The molecule has 17 heavy (non-hydrogen) atoms. The van der Waals surface area contributed by atoms with Crippen molar-refractivity contribution in [2.75, 3.05) is 19.6 Å². The van der Waals surface area contributed by atoms with Gasteiger partial charge in [-0.1, -0.05) is 20.3 Å². The summed E-state index contributed by atoms with van der Waals surface area (Å²) in [7, 11) is 0. The Morgan fingerprint density at radius 3 is 2.47 bits per heavy atom. The Bertz CT molecular complexity index is 260. The van der Waals surface area contributed by atoms with Crippen LogP contribution in [0.4, 0.5) is 0 Å². The quantitative estimate of drug-likeness (QED) is 0.707. The lowest BCUT2D eigenvalue weighted by molar-refractivity contribution is -0.126. The summed E-state index contributed by atoms with van der Waals surface area (Å²) < 4.78 is 0. The minimum atomic E-state index is 0.340. The van der Waals surface area contributed by atoms with Crippen molar-refractivity contribution >= 4 is 5.78 Å². The Morgan fingerprint density at radius 2 is 1.88 bits per heavy atom. The standard InChI is InChI=1S/C15H27NO/c1-3-12-7-8-15(17)14(9-12)11-16(4-2)10-13-5-6-13/h12-14H,3-11H2,1-2H3. The predicted molar refractivity (Wildman–Crippen MR) is 71.0 cm³/mol. The lowest BCUT2D eigenvalue weighted by Crippen LogP contribution is -2.37. The van der Waals surface area contributed by atoms with E-state index in [9.17, 15) is 4.79 Å². The smallest absolute Gasteiger partial charge is 0.137 e. The van der Waals surface area contributed by atoms with Gasteiger partial charge in [0.05, 0.1) is 0 Å². The van der Waals surface area contributed by atoms with Crippen LogP contribution < -0.4 is 0 Å². The molecule has 2 aliphatic rings. The highest BCUT2D eigenvalue weighted by Gasteiger charge is 2.30. The summed E-state index contributed by atoms with van der Waals surface area (Å²) in [5.74, 6) is 2.62. The molecule has 0 saturated heterocycles. The molecule has 0 heterocycles. The summed E-state index contributed by atoms with van der Waals surface area (Å²) in [6.45, 7) is 7.86. The molecule has 2 saturated carbocycles. The zero-order valence-electron chi connectivity index (χ0n) is 11.5. The van der Waals surface area contributed by atoms with E-state index in [4.69, 9.17) is 0 Å². The van der Waals surface area contributed by atoms with E-state index in [0.717, 1.165) is 44.2 Å². The third-order valence-electron chi connectivity index (χ3n) is 4.59. The maximum atomic E-state index is 12.0. The van der Waals surface area contributed by atoms with Crippen LogP contribution in [0.5, 0.6) is 0 Å². The SMILES string of the molecule is CCC1CCC(=O)C(CN(CC)CC2CC2)C1. The van der Waals surface area contributed by atoms with E-state index >= 15 is 0 Å². The van der Waals surface area contributed by atoms with E-state index in [1.165, 1.54) is 25.8 Å². The normalized spacial score (nSPS) is 29.9. The average Bonchev–Trinajstić information content (AvgIpc) is 3.14. The molecule has 2 nitrogen and oxygen atoms in total. The summed E-state index contributed by atoms with van der Waals surface area (Å²) in [4.78, 5) is 14.5. The summed E-state index contributed by atoms with van der Waals surface area (Å²) in [5.41, 5.74) is 0. The van der Waals surface area contributed by atoms with Crippen molar-refractivity contribution in [3.63, 3.8) is 0 Å². The largest absolute Gasteiger partial charge is 0.303 e. The highest BCUT2D eigenvalue weighted by atomic mass is 16.1. The van der Waals surface area contributed by atoms with Crippen LogP contribution in [0.2, 0.25) is 0 Å². The fourth-order valence-corrected chi connectivity index (χ4v) is 3.06. The fraction of sp³-hybridized carbons (Fsp3) is 0.933. The minimum absolute atomic E-state index is 0.340. The summed E-state index contributed by atoms with van der Waals surface area (Å²) in [6.07, 6.45) is 7.19. The number of ketones is 1. The van der Waals surface area contributed by atoms with E-state index in [-0.39, 0.29) is 0 Å².